The van der Waals surface area contributed by atoms with Crippen LogP contribution in [-0.2, 0) is 22.4 Å². The third-order valence-corrected chi connectivity index (χ3v) is 5.83. The molecule has 27 heavy (non-hydrogen) atoms. The highest BCUT2D eigenvalue weighted by Gasteiger charge is 2.23. The van der Waals surface area contributed by atoms with Crippen LogP contribution in [0.15, 0.2) is 45.7 Å². The minimum absolute atomic E-state index is 0.127. The lowest BCUT2D eigenvalue weighted by Crippen LogP contribution is -2.18. The van der Waals surface area contributed by atoms with Gasteiger partial charge >= 0.3 is 5.97 Å². The number of carbonyl (C=O) groups is 1. The van der Waals surface area contributed by atoms with Crippen molar-refractivity contribution in [1.29, 1.82) is 0 Å². The van der Waals surface area contributed by atoms with Crippen LogP contribution in [0.4, 0.5) is 0 Å². The Labute approximate surface area is 169 Å². The molecular weight excluding hydrogens is 382 g/mol. The average molecular weight is 406 g/mol. The van der Waals surface area contributed by atoms with E-state index in [1.54, 1.807) is 0 Å². The van der Waals surface area contributed by atoms with Gasteiger partial charge in [0.25, 0.3) is 0 Å². The number of nitrogens with zero attached hydrogens (tertiary/aromatic N) is 1. The number of thioether (sulfide) groups is 1. The molecule has 0 fully saturated rings. The fourth-order valence-electron chi connectivity index (χ4n) is 3.29. The normalized spacial score (nSPS) is 15.2. The third-order valence-electron chi connectivity index (χ3n) is 4.79. The molecule has 1 atom stereocenters. The van der Waals surface area contributed by atoms with E-state index in [0.29, 0.717) is 5.69 Å². The third kappa shape index (κ3) is 5.17. The first-order chi connectivity index (χ1) is 13.1. The van der Waals surface area contributed by atoms with E-state index < -0.39 is 0 Å². The van der Waals surface area contributed by atoms with Crippen LogP contribution < -0.4 is 0 Å². The van der Waals surface area contributed by atoms with E-state index in [0.717, 1.165) is 53.2 Å². The number of aromatic nitrogens is 1. The predicted octanol–water partition coefficient (Wildman–Crippen LogP) is 5.40. The van der Waals surface area contributed by atoms with Crippen LogP contribution in [0.3, 0.4) is 0 Å². The number of esters is 1. The first-order valence-electron chi connectivity index (χ1n) is 9.17. The maximum atomic E-state index is 12.4. The van der Waals surface area contributed by atoms with Crippen molar-refractivity contribution in [3.63, 3.8) is 0 Å². The van der Waals surface area contributed by atoms with Gasteiger partial charge in [0.15, 0.2) is 0 Å². The van der Waals surface area contributed by atoms with Crippen molar-refractivity contribution >= 4 is 29.3 Å². The summed E-state index contributed by atoms with van der Waals surface area (Å²) in [6, 6.07) is 8.24. The van der Waals surface area contributed by atoms with Crippen LogP contribution in [0, 0.1) is 0 Å². The molecule has 2 aromatic rings. The second kappa shape index (κ2) is 9.47. The van der Waals surface area contributed by atoms with Crippen LogP contribution in [0.2, 0.25) is 0 Å². The van der Waals surface area contributed by atoms with Gasteiger partial charge in [0, 0.05) is 16.2 Å². The summed E-state index contributed by atoms with van der Waals surface area (Å²) in [5.41, 5.74) is 4.68. The summed E-state index contributed by atoms with van der Waals surface area (Å²) in [5, 5.41) is 4.92. The second-order valence-corrected chi connectivity index (χ2v) is 8.16. The Morgan fingerprint density at radius 3 is 2.78 bits per heavy atom. The fraction of sp³-hybridized carbons (Fsp3) is 0.429. The molecular formula is C21H24ClNO3S. The molecule has 1 unspecified atom stereocenters. The van der Waals surface area contributed by atoms with Gasteiger partial charge in [0.2, 0.25) is 0 Å². The van der Waals surface area contributed by atoms with E-state index in [-0.39, 0.29) is 18.5 Å². The van der Waals surface area contributed by atoms with Gasteiger partial charge in [-0.15, -0.1) is 0 Å². The van der Waals surface area contributed by atoms with E-state index in [4.69, 9.17) is 20.9 Å². The maximum absolute atomic E-state index is 12.4. The van der Waals surface area contributed by atoms with Gasteiger partial charge in [-0.1, -0.05) is 41.0 Å². The molecule has 1 aromatic carbocycles. The van der Waals surface area contributed by atoms with E-state index in [2.05, 4.69) is 23.5 Å². The Balaban J connectivity index is 1.64. The Hall–Kier alpha value is -1.72. The van der Waals surface area contributed by atoms with Gasteiger partial charge in [0.05, 0.1) is 6.42 Å². The molecule has 0 N–H and O–H groups in total. The minimum Gasteiger partial charge on any atom is -0.458 e. The molecule has 0 radical (unpaired) electrons. The summed E-state index contributed by atoms with van der Waals surface area (Å²) in [7, 11) is 0. The lowest BCUT2D eigenvalue weighted by molar-refractivity contribution is -0.145. The molecule has 0 saturated carbocycles. The topological polar surface area (TPSA) is 52.3 Å². The summed E-state index contributed by atoms with van der Waals surface area (Å²) in [6.07, 6.45) is 7.30. The highest BCUT2D eigenvalue weighted by atomic mass is 35.5. The van der Waals surface area contributed by atoms with Gasteiger partial charge in [-0.3, -0.25) is 4.79 Å². The molecule has 4 nitrogen and oxygen atoms in total. The molecule has 3 rings (SSSR count). The Morgan fingerprint density at radius 1 is 1.33 bits per heavy atom. The zero-order valence-electron chi connectivity index (χ0n) is 15.7. The van der Waals surface area contributed by atoms with Gasteiger partial charge in [0.1, 0.15) is 18.1 Å². The van der Waals surface area contributed by atoms with Gasteiger partial charge in [-0.2, -0.15) is 11.8 Å². The summed E-state index contributed by atoms with van der Waals surface area (Å²) in [4.78, 5) is 12.4. The smallest absolute Gasteiger partial charge is 0.311 e. The zero-order chi connectivity index (χ0) is 19.2. The van der Waals surface area contributed by atoms with Crippen LogP contribution in [0.1, 0.15) is 37.3 Å². The fourth-order valence-corrected chi connectivity index (χ4v) is 4.11. The van der Waals surface area contributed by atoms with Crippen molar-refractivity contribution in [2.75, 3.05) is 12.0 Å². The predicted molar refractivity (Wildman–Crippen MR) is 110 cm³/mol. The first kappa shape index (κ1) is 20.0. The summed E-state index contributed by atoms with van der Waals surface area (Å²) < 4.78 is 10.7. The SMILES string of the molecule is CSCCc1ccc(-c2nocc2CC(=O)OC(C)C2=C(Cl)CCC2)cc1. The molecule has 1 aliphatic rings. The number of benzene rings is 1. The molecule has 1 aliphatic carbocycles. The second-order valence-electron chi connectivity index (χ2n) is 6.72. The minimum atomic E-state index is -0.299. The van der Waals surface area contributed by atoms with Crippen LogP contribution in [0.25, 0.3) is 11.3 Å². The Morgan fingerprint density at radius 2 is 2.11 bits per heavy atom. The first-order valence-corrected chi connectivity index (χ1v) is 10.9. The monoisotopic (exact) mass is 405 g/mol. The lowest BCUT2D eigenvalue weighted by atomic mass is 10.0. The summed E-state index contributed by atoms with van der Waals surface area (Å²) >= 11 is 8.04. The van der Waals surface area contributed by atoms with Crippen molar-refractivity contribution in [3.05, 3.63) is 52.3 Å². The average Bonchev–Trinajstić information content (AvgIpc) is 3.29. The molecule has 0 spiro atoms. The van der Waals surface area contributed by atoms with Crippen LogP contribution in [-0.4, -0.2) is 29.2 Å². The number of ether oxygens (including phenoxy) is 1. The highest BCUT2D eigenvalue weighted by Crippen LogP contribution is 2.32. The quantitative estimate of drug-likeness (QED) is 0.550. The lowest BCUT2D eigenvalue weighted by Gasteiger charge is -2.15. The molecule has 0 bridgehead atoms. The van der Waals surface area contributed by atoms with Crippen molar-refractivity contribution in [2.24, 2.45) is 0 Å². The van der Waals surface area contributed by atoms with E-state index in [9.17, 15) is 4.79 Å². The number of halogens is 1. The molecule has 1 heterocycles. The maximum Gasteiger partial charge on any atom is 0.311 e. The number of carbonyl (C=O) groups excluding carboxylic acids is 1. The van der Waals surface area contributed by atoms with Crippen molar-refractivity contribution in [3.8, 4) is 11.3 Å². The zero-order valence-corrected chi connectivity index (χ0v) is 17.2. The van der Waals surface area contributed by atoms with Crippen LogP contribution >= 0.6 is 23.4 Å². The van der Waals surface area contributed by atoms with Gasteiger partial charge < -0.3 is 9.26 Å². The number of aryl methyl sites for hydroxylation is 1. The van der Waals surface area contributed by atoms with Gasteiger partial charge in [-0.25, -0.2) is 0 Å². The number of rotatable bonds is 8. The molecule has 144 valence electrons. The van der Waals surface area contributed by atoms with Crippen molar-refractivity contribution in [2.45, 2.75) is 45.1 Å². The molecule has 0 aliphatic heterocycles. The van der Waals surface area contributed by atoms with Crippen LogP contribution in [0.5, 0.6) is 0 Å². The molecule has 1 aromatic heterocycles. The summed E-state index contributed by atoms with van der Waals surface area (Å²) in [6.45, 7) is 1.88. The number of hydrogen-bond acceptors (Lipinski definition) is 5. The van der Waals surface area contributed by atoms with Gasteiger partial charge in [-0.05, 0) is 55.8 Å². The molecule has 6 heteroatoms. The van der Waals surface area contributed by atoms with E-state index in [1.807, 2.05) is 30.8 Å². The summed E-state index contributed by atoms with van der Waals surface area (Å²) in [5.74, 6) is 0.798. The van der Waals surface area contributed by atoms with E-state index in [1.165, 1.54) is 11.8 Å². The number of hydrogen-bond donors (Lipinski definition) is 0. The largest absolute Gasteiger partial charge is 0.458 e. The Bertz CT molecular complexity index is 813. The molecule has 0 amide bonds. The van der Waals surface area contributed by atoms with E-state index >= 15 is 0 Å². The standard InChI is InChI=1S/C21H24ClNO3S/c1-14(18-4-3-5-19(18)22)26-20(24)12-17-13-25-23-21(17)16-8-6-15(7-9-16)10-11-27-2/h6-9,13-14H,3-5,10-12H2,1-2H3. The Kier molecular flexibility index (Phi) is 7.02. The highest BCUT2D eigenvalue weighted by molar-refractivity contribution is 7.98. The van der Waals surface area contributed by atoms with Crippen molar-refractivity contribution in [1.82, 2.24) is 5.16 Å². The van der Waals surface area contributed by atoms with Crippen molar-refractivity contribution < 1.29 is 14.1 Å². The number of allylic oxidation sites excluding steroid dienone is 1. The molecule has 0 saturated heterocycles.